The van der Waals surface area contributed by atoms with Crippen LogP contribution < -0.4 is 5.73 Å². The number of fused-ring (bicyclic) bond motifs is 1. The Bertz CT molecular complexity index is 940. The molecular formula is C17H18FN5O. The number of nitrogen functional groups attached to an aromatic ring is 1. The molecule has 0 aliphatic rings. The molecule has 0 spiro atoms. The molecule has 1 aromatic carbocycles. The fourth-order valence-corrected chi connectivity index (χ4v) is 2.34. The van der Waals surface area contributed by atoms with Gasteiger partial charge in [-0.2, -0.15) is 0 Å². The van der Waals surface area contributed by atoms with Crippen LogP contribution in [0.2, 0.25) is 0 Å². The minimum atomic E-state index is -0.980. The third kappa shape index (κ3) is 3.11. The van der Waals surface area contributed by atoms with Gasteiger partial charge in [-0.3, -0.25) is 0 Å². The summed E-state index contributed by atoms with van der Waals surface area (Å²) in [4.78, 5) is 13.1. The molecule has 0 bridgehead atoms. The summed E-state index contributed by atoms with van der Waals surface area (Å²) in [6.45, 7) is 3.30. The zero-order valence-corrected chi connectivity index (χ0v) is 13.7. The summed E-state index contributed by atoms with van der Waals surface area (Å²) in [7, 11) is 1.78. The van der Waals surface area contributed by atoms with Crippen LogP contribution in [0, 0.1) is 5.82 Å². The number of rotatable bonds is 3. The molecule has 0 radical (unpaired) electrons. The number of aromatic nitrogens is 4. The van der Waals surface area contributed by atoms with Crippen LogP contribution in [0.5, 0.6) is 0 Å². The molecule has 3 rings (SSSR count). The largest absolute Gasteiger partial charge is 0.386 e. The third-order valence-corrected chi connectivity index (χ3v) is 3.49. The highest BCUT2D eigenvalue weighted by molar-refractivity contribution is 5.86. The summed E-state index contributed by atoms with van der Waals surface area (Å²) in [5, 5.41) is 9.77. The molecule has 2 aromatic heterocycles. The van der Waals surface area contributed by atoms with Gasteiger partial charge >= 0.3 is 0 Å². The second kappa shape index (κ2) is 5.68. The topological polar surface area (TPSA) is 89.9 Å². The van der Waals surface area contributed by atoms with Crippen LogP contribution in [0.4, 0.5) is 10.2 Å². The number of nitrogens with two attached hydrogens (primary N) is 1. The Morgan fingerprint density at radius 2 is 2.00 bits per heavy atom. The zero-order chi connectivity index (χ0) is 17.5. The second-order valence-electron chi connectivity index (χ2n) is 6.13. The number of aryl methyl sites for hydroxylation is 1. The lowest BCUT2D eigenvalue weighted by Crippen LogP contribution is -2.13. The highest BCUT2D eigenvalue weighted by atomic mass is 19.1. The molecule has 0 aliphatic heterocycles. The monoisotopic (exact) mass is 327 g/mol. The van der Waals surface area contributed by atoms with Crippen molar-refractivity contribution in [3.05, 3.63) is 42.0 Å². The van der Waals surface area contributed by atoms with Gasteiger partial charge in [-0.1, -0.05) is 12.1 Å². The van der Waals surface area contributed by atoms with Crippen LogP contribution in [0.1, 0.15) is 19.7 Å². The van der Waals surface area contributed by atoms with E-state index in [2.05, 4.69) is 15.0 Å². The van der Waals surface area contributed by atoms with Crippen LogP contribution in [-0.2, 0) is 7.05 Å². The van der Waals surface area contributed by atoms with E-state index in [-0.39, 0.29) is 11.6 Å². The maximum Gasteiger partial charge on any atom is 0.166 e. The molecule has 3 N–H and O–H groups in total. The average Bonchev–Trinajstić information content (AvgIpc) is 2.83. The molecule has 0 atom stereocenters. The van der Waals surface area contributed by atoms with Crippen molar-refractivity contribution in [3.8, 4) is 11.4 Å². The fraction of sp³-hybridized carbons (Fsp3) is 0.235. The number of anilines is 1. The maximum atomic E-state index is 13.5. The van der Waals surface area contributed by atoms with Crippen molar-refractivity contribution < 1.29 is 9.50 Å². The van der Waals surface area contributed by atoms with Gasteiger partial charge < -0.3 is 15.4 Å². The minimum Gasteiger partial charge on any atom is -0.386 e. The quantitative estimate of drug-likeness (QED) is 0.771. The Morgan fingerprint density at radius 1 is 1.25 bits per heavy atom. The maximum absolute atomic E-state index is 13.5. The number of hydrogen-bond acceptors (Lipinski definition) is 5. The molecule has 0 aliphatic carbocycles. The van der Waals surface area contributed by atoms with Crippen molar-refractivity contribution in [2.45, 2.75) is 19.4 Å². The molecular weight excluding hydrogens is 309 g/mol. The van der Waals surface area contributed by atoms with Gasteiger partial charge in [0.15, 0.2) is 22.8 Å². The Hall–Kier alpha value is -2.80. The normalized spacial score (nSPS) is 12.4. The second-order valence-corrected chi connectivity index (χ2v) is 6.13. The van der Waals surface area contributed by atoms with E-state index in [1.54, 1.807) is 49.7 Å². The van der Waals surface area contributed by atoms with E-state index in [9.17, 15) is 9.50 Å². The van der Waals surface area contributed by atoms with Gasteiger partial charge in [0.2, 0.25) is 0 Å². The van der Waals surface area contributed by atoms with Crippen LogP contribution in [0.3, 0.4) is 0 Å². The van der Waals surface area contributed by atoms with Gasteiger partial charge in [-0.15, -0.1) is 0 Å². The van der Waals surface area contributed by atoms with Crippen molar-refractivity contribution in [1.82, 2.24) is 19.5 Å². The molecule has 0 unspecified atom stereocenters. The summed E-state index contributed by atoms with van der Waals surface area (Å²) in [5.74, 6) is 0.811. The van der Waals surface area contributed by atoms with E-state index in [0.29, 0.717) is 28.4 Å². The highest BCUT2D eigenvalue weighted by Crippen LogP contribution is 2.25. The number of hydrogen-bond donors (Lipinski definition) is 2. The first-order valence-electron chi connectivity index (χ1n) is 7.42. The van der Waals surface area contributed by atoms with Gasteiger partial charge in [0, 0.05) is 12.6 Å². The predicted molar refractivity (Wildman–Crippen MR) is 91.4 cm³/mol. The number of nitrogens with zero attached hydrogens (tertiary/aromatic N) is 4. The summed E-state index contributed by atoms with van der Waals surface area (Å²) < 4.78 is 15.2. The van der Waals surface area contributed by atoms with Gasteiger partial charge in [0.05, 0.1) is 5.60 Å². The van der Waals surface area contributed by atoms with Crippen LogP contribution >= 0.6 is 0 Å². The van der Waals surface area contributed by atoms with Crippen LogP contribution in [0.25, 0.3) is 28.6 Å². The van der Waals surface area contributed by atoms with Gasteiger partial charge in [-0.05, 0) is 38.1 Å². The summed E-state index contributed by atoms with van der Waals surface area (Å²) in [6.07, 6.45) is 3.18. The third-order valence-electron chi connectivity index (χ3n) is 3.49. The van der Waals surface area contributed by atoms with E-state index < -0.39 is 5.60 Å². The van der Waals surface area contributed by atoms with Crippen molar-refractivity contribution in [3.63, 3.8) is 0 Å². The molecule has 7 heteroatoms. The van der Waals surface area contributed by atoms with Crippen molar-refractivity contribution in [1.29, 1.82) is 0 Å². The zero-order valence-electron chi connectivity index (χ0n) is 13.7. The van der Waals surface area contributed by atoms with Crippen LogP contribution in [0.15, 0.2) is 30.3 Å². The standard InChI is InChI=1S/C17H18FN5O/c1-17(2,24)8-7-12-20-14(19)13-16(21-12)23(3)15(22-13)10-5-4-6-11(18)9-10/h4-9,24H,1-3H3,(H2,19,20,21)/b8-7+. The first-order chi connectivity index (χ1) is 11.2. The first-order valence-corrected chi connectivity index (χ1v) is 7.42. The van der Waals surface area contributed by atoms with E-state index in [4.69, 9.17) is 5.73 Å². The fourth-order valence-electron chi connectivity index (χ4n) is 2.34. The highest BCUT2D eigenvalue weighted by Gasteiger charge is 2.16. The lowest BCUT2D eigenvalue weighted by Gasteiger charge is -2.09. The van der Waals surface area contributed by atoms with Crippen LogP contribution in [-0.4, -0.2) is 30.2 Å². The molecule has 0 fully saturated rings. The summed E-state index contributed by atoms with van der Waals surface area (Å²) in [5.41, 5.74) is 6.63. The molecule has 0 amide bonds. The number of halogens is 1. The minimum absolute atomic E-state index is 0.230. The molecule has 2 heterocycles. The Kier molecular flexibility index (Phi) is 3.81. The van der Waals surface area contributed by atoms with Crippen molar-refractivity contribution in [2.75, 3.05) is 5.73 Å². The molecule has 0 saturated carbocycles. The summed E-state index contributed by atoms with van der Waals surface area (Å²) in [6, 6.07) is 6.17. The Labute approximate surface area is 138 Å². The smallest absolute Gasteiger partial charge is 0.166 e. The van der Waals surface area contributed by atoms with Gasteiger partial charge in [-0.25, -0.2) is 19.3 Å². The molecule has 0 saturated heterocycles. The lowest BCUT2D eigenvalue weighted by molar-refractivity contribution is 0.134. The average molecular weight is 327 g/mol. The Morgan fingerprint density at radius 3 is 2.67 bits per heavy atom. The first kappa shape index (κ1) is 16.1. The van der Waals surface area contributed by atoms with E-state index in [1.807, 2.05) is 0 Å². The molecule has 124 valence electrons. The van der Waals surface area contributed by atoms with Gasteiger partial charge in [0.25, 0.3) is 0 Å². The SMILES string of the molecule is Cn1c(-c2cccc(F)c2)nc2c(N)nc(/C=C/C(C)(C)O)nc21. The van der Waals surface area contributed by atoms with Gasteiger partial charge in [0.1, 0.15) is 11.6 Å². The van der Waals surface area contributed by atoms with E-state index >= 15 is 0 Å². The number of benzene rings is 1. The Balaban J connectivity index is 2.15. The van der Waals surface area contributed by atoms with Crippen molar-refractivity contribution >= 4 is 23.1 Å². The number of imidazole rings is 1. The van der Waals surface area contributed by atoms with E-state index in [1.165, 1.54) is 12.1 Å². The predicted octanol–water partition coefficient (Wildman–Crippen LogP) is 2.54. The van der Waals surface area contributed by atoms with E-state index in [0.717, 1.165) is 0 Å². The summed E-state index contributed by atoms with van der Waals surface area (Å²) >= 11 is 0. The number of aliphatic hydroxyl groups is 1. The molecule has 3 aromatic rings. The molecule has 6 nitrogen and oxygen atoms in total. The van der Waals surface area contributed by atoms with Crippen molar-refractivity contribution in [2.24, 2.45) is 7.05 Å². The lowest BCUT2D eigenvalue weighted by atomic mass is 10.1. The molecule has 24 heavy (non-hydrogen) atoms.